The Morgan fingerprint density at radius 3 is 2.50 bits per heavy atom. The predicted molar refractivity (Wildman–Crippen MR) is 101 cm³/mol. The molecule has 1 amide bonds. The third-order valence-electron chi connectivity index (χ3n) is 3.72. The lowest BCUT2D eigenvalue weighted by Crippen LogP contribution is -2.50. The fourth-order valence-corrected chi connectivity index (χ4v) is 2.24. The Morgan fingerprint density at radius 2 is 2.00 bits per heavy atom. The number of carbonyl (C=O) groups is 1. The van der Waals surface area contributed by atoms with Gasteiger partial charge in [-0.3, -0.25) is 9.79 Å². The van der Waals surface area contributed by atoms with Crippen LogP contribution >= 0.6 is 24.0 Å². The molecule has 22 heavy (non-hydrogen) atoms. The Morgan fingerprint density at radius 1 is 1.36 bits per heavy atom. The second kappa shape index (κ2) is 9.54. The first kappa shape index (κ1) is 21.4. The van der Waals surface area contributed by atoms with Crippen LogP contribution in [0.1, 0.15) is 33.6 Å². The van der Waals surface area contributed by atoms with Gasteiger partial charge in [0.05, 0.1) is 12.6 Å². The first-order valence-corrected chi connectivity index (χ1v) is 7.53. The number of halogens is 1. The number of hydrogen-bond donors (Lipinski definition) is 2. The number of guanidine groups is 1. The summed E-state index contributed by atoms with van der Waals surface area (Å²) in [5.41, 5.74) is 0.137. The average molecular weight is 426 g/mol. The van der Waals surface area contributed by atoms with Crippen molar-refractivity contribution in [3.8, 4) is 0 Å². The molecule has 130 valence electrons. The summed E-state index contributed by atoms with van der Waals surface area (Å²) in [5, 5.41) is 6.45. The van der Waals surface area contributed by atoms with Gasteiger partial charge < -0.3 is 20.3 Å². The number of amides is 1. The van der Waals surface area contributed by atoms with Crippen molar-refractivity contribution < 1.29 is 9.53 Å². The highest BCUT2D eigenvalue weighted by atomic mass is 127. The molecule has 7 heteroatoms. The van der Waals surface area contributed by atoms with Crippen LogP contribution in [-0.2, 0) is 9.53 Å². The summed E-state index contributed by atoms with van der Waals surface area (Å²) in [5.74, 6) is 0.697. The number of hydrogen-bond acceptors (Lipinski definition) is 3. The molecular weight excluding hydrogens is 395 g/mol. The van der Waals surface area contributed by atoms with Gasteiger partial charge in [-0.15, -0.1) is 24.0 Å². The number of rotatable bonds is 3. The second-order valence-electron chi connectivity index (χ2n) is 6.81. The van der Waals surface area contributed by atoms with Crippen LogP contribution in [0.25, 0.3) is 0 Å². The van der Waals surface area contributed by atoms with Gasteiger partial charge in [0.25, 0.3) is 0 Å². The maximum Gasteiger partial charge on any atom is 0.241 e. The summed E-state index contributed by atoms with van der Waals surface area (Å²) in [6.45, 7) is 7.60. The van der Waals surface area contributed by atoms with E-state index in [4.69, 9.17) is 4.74 Å². The van der Waals surface area contributed by atoms with Gasteiger partial charge in [-0.1, -0.05) is 20.8 Å². The molecule has 0 radical (unpaired) electrons. The Balaban J connectivity index is 0.00000441. The monoisotopic (exact) mass is 426 g/mol. The van der Waals surface area contributed by atoms with Crippen molar-refractivity contribution in [3.05, 3.63) is 0 Å². The van der Waals surface area contributed by atoms with E-state index in [1.807, 2.05) is 0 Å². The maximum atomic E-state index is 11.6. The number of carbonyl (C=O) groups excluding carboxylic acids is 1. The fraction of sp³-hybridized carbons (Fsp3) is 0.867. The molecule has 0 aromatic heterocycles. The zero-order chi connectivity index (χ0) is 16.0. The van der Waals surface area contributed by atoms with E-state index >= 15 is 0 Å². The smallest absolute Gasteiger partial charge is 0.241 e. The second-order valence-corrected chi connectivity index (χ2v) is 6.81. The highest BCUT2D eigenvalue weighted by molar-refractivity contribution is 14.0. The highest BCUT2D eigenvalue weighted by Crippen LogP contribution is 2.29. The van der Waals surface area contributed by atoms with Crippen molar-refractivity contribution in [1.82, 2.24) is 15.5 Å². The third-order valence-corrected chi connectivity index (χ3v) is 3.72. The zero-order valence-electron chi connectivity index (χ0n) is 14.6. The summed E-state index contributed by atoms with van der Waals surface area (Å²) in [4.78, 5) is 17.3. The number of nitrogens with zero attached hydrogens (tertiary/aromatic N) is 2. The molecule has 0 aromatic rings. The van der Waals surface area contributed by atoms with E-state index in [0.717, 1.165) is 19.4 Å². The lowest BCUT2D eigenvalue weighted by atomic mass is 9.83. The van der Waals surface area contributed by atoms with Crippen LogP contribution < -0.4 is 10.6 Å². The Bertz CT molecular complexity index is 380. The number of ether oxygens (including phenoxy) is 1. The number of aliphatic imine (C=N–C) groups is 1. The van der Waals surface area contributed by atoms with E-state index in [2.05, 4.69) is 36.4 Å². The minimum absolute atomic E-state index is 0. The van der Waals surface area contributed by atoms with Gasteiger partial charge in [-0.05, 0) is 18.3 Å². The van der Waals surface area contributed by atoms with Crippen LogP contribution in [0, 0.1) is 5.41 Å². The molecule has 0 saturated carbocycles. The number of nitrogens with one attached hydrogen (secondary N) is 2. The molecule has 0 aromatic carbocycles. The lowest BCUT2D eigenvalue weighted by molar-refractivity contribution is -0.127. The van der Waals surface area contributed by atoms with Gasteiger partial charge in [0.2, 0.25) is 5.91 Å². The summed E-state index contributed by atoms with van der Waals surface area (Å²) >= 11 is 0. The first-order valence-electron chi connectivity index (χ1n) is 7.53. The minimum Gasteiger partial charge on any atom is -0.378 e. The molecule has 0 spiro atoms. The van der Waals surface area contributed by atoms with Gasteiger partial charge in [-0.2, -0.15) is 0 Å². The SMILES string of the molecule is CN=C(NCC(=O)N(C)C)NC1CCOC(C(C)(C)C)C1.I. The largest absolute Gasteiger partial charge is 0.378 e. The molecular formula is C15H31IN4O2. The highest BCUT2D eigenvalue weighted by Gasteiger charge is 2.32. The lowest BCUT2D eigenvalue weighted by Gasteiger charge is -2.38. The zero-order valence-corrected chi connectivity index (χ0v) is 16.9. The maximum absolute atomic E-state index is 11.6. The molecule has 1 saturated heterocycles. The summed E-state index contributed by atoms with van der Waals surface area (Å²) in [7, 11) is 5.20. The standard InChI is InChI=1S/C15H30N4O2.HI/c1-15(2,3)12-9-11(7-8-21-12)18-14(16-4)17-10-13(20)19(5)6;/h11-12H,7-10H2,1-6H3,(H2,16,17,18);1H. The Hall–Kier alpha value is -0.570. The normalized spacial score (nSPS) is 22.5. The van der Waals surface area contributed by atoms with Gasteiger partial charge in [0.15, 0.2) is 5.96 Å². The fourth-order valence-electron chi connectivity index (χ4n) is 2.24. The van der Waals surface area contributed by atoms with Crippen LogP contribution in [0.15, 0.2) is 4.99 Å². The van der Waals surface area contributed by atoms with E-state index in [1.54, 1.807) is 26.0 Å². The summed E-state index contributed by atoms with van der Waals surface area (Å²) < 4.78 is 5.86. The molecule has 1 aliphatic heterocycles. The molecule has 2 atom stereocenters. The Labute approximate surface area is 151 Å². The van der Waals surface area contributed by atoms with Crippen LogP contribution in [0.5, 0.6) is 0 Å². The quantitative estimate of drug-likeness (QED) is 0.408. The van der Waals surface area contributed by atoms with Crippen LogP contribution in [0.4, 0.5) is 0 Å². The molecule has 1 heterocycles. The number of likely N-dealkylation sites (N-methyl/N-ethyl adjacent to an activating group) is 1. The van der Waals surface area contributed by atoms with E-state index in [9.17, 15) is 4.79 Å². The molecule has 6 nitrogen and oxygen atoms in total. The van der Waals surface area contributed by atoms with Crippen LogP contribution in [0.2, 0.25) is 0 Å². The van der Waals surface area contributed by atoms with E-state index in [-0.39, 0.29) is 47.9 Å². The van der Waals surface area contributed by atoms with Crippen molar-refractivity contribution >= 4 is 35.8 Å². The molecule has 2 N–H and O–H groups in total. The molecule has 1 rings (SSSR count). The van der Waals surface area contributed by atoms with Crippen molar-refractivity contribution in [1.29, 1.82) is 0 Å². The third kappa shape index (κ3) is 7.13. The van der Waals surface area contributed by atoms with Crippen molar-refractivity contribution in [3.63, 3.8) is 0 Å². The molecule has 2 unspecified atom stereocenters. The average Bonchev–Trinajstić information content (AvgIpc) is 2.42. The Kier molecular flexibility index (Phi) is 9.30. The van der Waals surface area contributed by atoms with Gasteiger partial charge in [-0.25, -0.2) is 0 Å². The van der Waals surface area contributed by atoms with Gasteiger partial charge in [0, 0.05) is 33.8 Å². The van der Waals surface area contributed by atoms with E-state index in [0.29, 0.717) is 12.0 Å². The summed E-state index contributed by atoms with van der Waals surface area (Å²) in [6, 6.07) is 0.323. The molecule has 1 fully saturated rings. The molecule has 0 aliphatic carbocycles. The van der Waals surface area contributed by atoms with E-state index in [1.165, 1.54) is 0 Å². The topological polar surface area (TPSA) is 66.0 Å². The van der Waals surface area contributed by atoms with Gasteiger partial charge in [0.1, 0.15) is 0 Å². The van der Waals surface area contributed by atoms with Crippen LogP contribution in [0.3, 0.4) is 0 Å². The van der Waals surface area contributed by atoms with Crippen molar-refractivity contribution in [2.24, 2.45) is 10.4 Å². The first-order chi connectivity index (χ1) is 9.74. The van der Waals surface area contributed by atoms with E-state index < -0.39 is 0 Å². The predicted octanol–water partition coefficient (Wildman–Crippen LogP) is 1.45. The van der Waals surface area contributed by atoms with Crippen molar-refractivity contribution in [2.45, 2.75) is 45.8 Å². The van der Waals surface area contributed by atoms with Crippen molar-refractivity contribution in [2.75, 3.05) is 34.3 Å². The van der Waals surface area contributed by atoms with Gasteiger partial charge >= 0.3 is 0 Å². The molecule has 0 bridgehead atoms. The molecule has 1 aliphatic rings. The minimum atomic E-state index is 0. The van der Waals surface area contributed by atoms with Crippen LogP contribution in [-0.4, -0.2) is 63.2 Å². The summed E-state index contributed by atoms with van der Waals surface area (Å²) in [6.07, 6.45) is 2.14.